The molecular formula is C16H25N3O4S. The number of hydrogen-bond acceptors (Lipinski definition) is 5. The maximum Gasteiger partial charge on any atom is 0.246 e. The van der Waals surface area contributed by atoms with Gasteiger partial charge in [0.05, 0.1) is 7.11 Å². The molecule has 0 aromatic heterocycles. The summed E-state index contributed by atoms with van der Waals surface area (Å²) in [4.78, 5) is 12.0. The summed E-state index contributed by atoms with van der Waals surface area (Å²) in [6.07, 6.45) is 2.89. The van der Waals surface area contributed by atoms with Crippen LogP contribution >= 0.6 is 0 Å². The molecule has 0 unspecified atom stereocenters. The van der Waals surface area contributed by atoms with Crippen molar-refractivity contribution in [1.82, 2.24) is 9.62 Å². The smallest absolute Gasteiger partial charge is 0.246 e. The average Bonchev–Trinajstić information content (AvgIpc) is 3.10. The van der Waals surface area contributed by atoms with Crippen molar-refractivity contribution in [3.05, 3.63) is 18.2 Å². The molecule has 0 aliphatic carbocycles. The van der Waals surface area contributed by atoms with Crippen LogP contribution in [0.25, 0.3) is 0 Å². The Morgan fingerprint density at radius 2 is 2.00 bits per heavy atom. The SMILES string of the molecule is CNCCCC(=O)Nc1ccc(S(=O)(=O)N2CCCC2)c(OC)c1. The topological polar surface area (TPSA) is 87.7 Å². The predicted octanol–water partition coefficient (Wildman–Crippen LogP) is 1.42. The van der Waals surface area contributed by atoms with E-state index >= 15 is 0 Å². The Balaban J connectivity index is 2.14. The van der Waals surface area contributed by atoms with E-state index in [1.54, 1.807) is 12.1 Å². The van der Waals surface area contributed by atoms with Crippen LogP contribution in [0, 0.1) is 0 Å². The third-order valence-electron chi connectivity index (χ3n) is 3.96. The highest BCUT2D eigenvalue weighted by atomic mass is 32.2. The van der Waals surface area contributed by atoms with Crippen molar-refractivity contribution in [2.75, 3.05) is 39.1 Å². The van der Waals surface area contributed by atoms with Gasteiger partial charge >= 0.3 is 0 Å². The molecule has 1 aliphatic rings. The van der Waals surface area contributed by atoms with Crippen LogP contribution in [0.5, 0.6) is 5.75 Å². The molecule has 0 radical (unpaired) electrons. The summed E-state index contributed by atoms with van der Waals surface area (Å²) in [6.45, 7) is 1.84. The van der Waals surface area contributed by atoms with Gasteiger partial charge in [-0.05, 0) is 45.0 Å². The summed E-state index contributed by atoms with van der Waals surface area (Å²) in [7, 11) is -0.294. The van der Waals surface area contributed by atoms with Gasteiger partial charge in [-0.2, -0.15) is 4.31 Å². The van der Waals surface area contributed by atoms with Gasteiger partial charge in [-0.25, -0.2) is 8.42 Å². The molecule has 0 saturated carbocycles. The van der Waals surface area contributed by atoms with Gasteiger partial charge in [0.1, 0.15) is 10.6 Å². The van der Waals surface area contributed by atoms with Gasteiger partial charge in [-0.1, -0.05) is 0 Å². The molecule has 134 valence electrons. The van der Waals surface area contributed by atoms with Crippen LogP contribution in [0.3, 0.4) is 0 Å². The van der Waals surface area contributed by atoms with E-state index in [1.165, 1.54) is 17.5 Å². The van der Waals surface area contributed by atoms with E-state index < -0.39 is 10.0 Å². The van der Waals surface area contributed by atoms with Crippen LogP contribution in [0.15, 0.2) is 23.1 Å². The highest BCUT2D eigenvalue weighted by molar-refractivity contribution is 7.89. The van der Waals surface area contributed by atoms with Crippen LogP contribution in [-0.2, 0) is 14.8 Å². The molecule has 0 atom stereocenters. The zero-order chi connectivity index (χ0) is 17.6. The second-order valence-corrected chi connectivity index (χ2v) is 7.64. The Labute approximate surface area is 143 Å². The highest BCUT2D eigenvalue weighted by Gasteiger charge is 2.30. The van der Waals surface area contributed by atoms with Gasteiger partial charge in [0.25, 0.3) is 0 Å². The first kappa shape index (κ1) is 18.7. The lowest BCUT2D eigenvalue weighted by atomic mass is 10.2. The number of sulfonamides is 1. The molecule has 1 aromatic rings. The van der Waals surface area contributed by atoms with Crippen molar-refractivity contribution in [2.24, 2.45) is 0 Å². The van der Waals surface area contributed by atoms with E-state index in [0.29, 0.717) is 25.2 Å². The molecule has 2 rings (SSSR count). The lowest BCUT2D eigenvalue weighted by Crippen LogP contribution is -2.28. The Bertz CT molecular complexity index is 670. The minimum absolute atomic E-state index is 0.109. The number of methoxy groups -OCH3 is 1. The van der Waals surface area contributed by atoms with E-state index in [0.717, 1.165) is 25.8 Å². The molecule has 1 aromatic carbocycles. The molecule has 1 aliphatic heterocycles. The van der Waals surface area contributed by atoms with Crippen molar-refractivity contribution in [1.29, 1.82) is 0 Å². The summed E-state index contributed by atoms with van der Waals surface area (Å²) >= 11 is 0. The Morgan fingerprint density at radius 3 is 2.62 bits per heavy atom. The number of anilines is 1. The molecule has 0 bridgehead atoms. The van der Waals surface area contributed by atoms with Crippen LogP contribution in [-0.4, -0.2) is 52.4 Å². The quantitative estimate of drug-likeness (QED) is 0.689. The predicted molar refractivity (Wildman–Crippen MR) is 92.8 cm³/mol. The second-order valence-electron chi connectivity index (χ2n) is 5.73. The largest absolute Gasteiger partial charge is 0.495 e. The monoisotopic (exact) mass is 355 g/mol. The normalized spacial score (nSPS) is 15.4. The van der Waals surface area contributed by atoms with E-state index in [1.807, 2.05) is 7.05 Å². The van der Waals surface area contributed by atoms with Crippen molar-refractivity contribution in [2.45, 2.75) is 30.6 Å². The summed E-state index contributed by atoms with van der Waals surface area (Å²) < 4.78 is 32.1. The summed E-state index contributed by atoms with van der Waals surface area (Å²) in [5.74, 6) is 0.136. The standard InChI is InChI=1S/C16H25N3O4S/c1-17-9-5-6-16(20)18-13-7-8-15(14(12-13)23-2)24(21,22)19-10-3-4-11-19/h7-8,12,17H,3-6,9-11H2,1-2H3,(H,18,20). The van der Waals surface area contributed by atoms with Gasteiger partial charge in [0.2, 0.25) is 15.9 Å². The molecule has 0 spiro atoms. The molecule has 1 fully saturated rings. The minimum Gasteiger partial charge on any atom is -0.495 e. The van der Waals surface area contributed by atoms with Crippen molar-refractivity contribution in [3.8, 4) is 5.75 Å². The Kier molecular flexibility index (Phi) is 6.59. The van der Waals surface area contributed by atoms with E-state index in [4.69, 9.17) is 4.74 Å². The van der Waals surface area contributed by atoms with Gasteiger partial charge < -0.3 is 15.4 Å². The highest BCUT2D eigenvalue weighted by Crippen LogP contribution is 2.31. The molecule has 7 nitrogen and oxygen atoms in total. The fraction of sp³-hybridized carbons (Fsp3) is 0.562. The Hall–Kier alpha value is -1.64. The van der Waals surface area contributed by atoms with E-state index in [9.17, 15) is 13.2 Å². The van der Waals surface area contributed by atoms with E-state index in [2.05, 4.69) is 10.6 Å². The number of ether oxygens (including phenoxy) is 1. The number of amides is 1. The van der Waals surface area contributed by atoms with Crippen molar-refractivity contribution < 1.29 is 17.9 Å². The number of carbonyl (C=O) groups excluding carboxylic acids is 1. The average molecular weight is 355 g/mol. The van der Waals surface area contributed by atoms with E-state index in [-0.39, 0.29) is 16.6 Å². The van der Waals surface area contributed by atoms with Gasteiger partial charge in [-0.3, -0.25) is 4.79 Å². The first-order chi connectivity index (χ1) is 11.5. The number of nitrogens with one attached hydrogen (secondary N) is 2. The van der Waals surface area contributed by atoms with Crippen LogP contribution < -0.4 is 15.4 Å². The summed E-state index contributed by atoms with van der Waals surface area (Å²) in [5, 5.41) is 5.75. The third kappa shape index (κ3) is 4.46. The number of hydrogen-bond donors (Lipinski definition) is 2. The van der Waals surface area contributed by atoms with Crippen molar-refractivity contribution in [3.63, 3.8) is 0 Å². The van der Waals surface area contributed by atoms with Crippen LogP contribution in [0.2, 0.25) is 0 Å². The first-order valence-electron chi connectivity index (χ1n) is 8.11. The number of rotatable bonds is 8. The third-order valence-corrected chi connectivity index (χ3v) is 5.90. The molecule has 8 heteroatoms. The number of benzene rings is 1. The molecular weight excluding hydrogens is 330 g/mol. The van der Waals surface area contributed by atoms with Gasteiger partial charge in [0.15, 0.2) is 0 Å². The summed E-state index contributed by atoms with van der Waals surface area (Å²) in [5.41, 5.74) is 0.529. The molecule has 24 heavy (non-hydrogen) atoms. The van der Waals surface area contributed by atoms with Gasteiger partial charge in [-0.15, -0.1) is 0 Å². The fourth-order valence-corrected chi connectivity index (χ4v) is 4.33. The zero-order valence-electron chi connectivity index (χ0n) is 14.2. The summed E-state index contributed by atoms with van der Waals surface area (Å²) in [6, 6.07) is 4.65. The van der Waals surface area contributed by atoms with Gasteiger partial charge in [0, 0.05) is 31.3 Å². The van der Waals surface area contributed by atoms with Crippen molar-refractivity contribution >= 4 is 21.6 Å². The lowest BCUT2D eigenvalue weighted by Gasteiger charge is -2.18. The molecule has 1 amide bonds. The fourth-order valence-electron chi connectivity index (χ4n) is 2.68. The number of nitrogens with zero attached hydrogens (tertiary/aromatic N) is 1. The minimum atomic E-state index is -3.56. The maximum absolute atomic E-state index is 12.7. The molecule has 1 saturated heterocycles. The lowest BCUT2D eigenvalue weighted by molar-refractivity contribution is -0.116. The molecule has 2 N–H and O–H groups in total. The Morgan fingerprint density at radius 1 is 1.29 bits per heavy atom. The van der Waals surface area contributed by atoms with Crippen LogP contribution in [0.4, 0.5) is 5.69 Å². The second kappa shape index (κ2) is 8.46. The number of carbonyl (C=O) groups is 1. The molecule has 1 heterocycles. The van der Waals surface area contributed by atoms with Crippen LogP contribution in [0.1, 0.15) is 25.7 Å². The first-order valence-corrected chi connectivity index (χ1v) is 9.55. The zero-order valence-corrected chi connectivity index (χ0v) is 15.0. The maximum atomic E-state index is 12.7.